The third-order valence-corrected chi connectivity index (χ3v) is 8.86. The number of rotatable bonds is 4. The zero-order valence-corrected chi connectivity index (χ0v) is 20.8. The summed E-state index contributed by atoms with van der Waals surface area (Å²) in [6, 6.07) is 9.67. The van der Waals surface area contributed by atoms with Crippen molar-refractivity contribution in [3.8, 4) is 0 Å². The third kappa shape index (κ3) is 3.93. The molecule has 39 heavy (non-hydrogen) atoms. The van der Waals surface area contributed by atoms with Gasteiger partial charge in [0.15, 0.2) is 9.84 Å². The molecule has 2 heterocycles. The number of anilines is 2. The van der Waals surface area contributed by atoms with E-state index in [2.05, 4.69) is 0 Å². The number of alkyl halides is 3. The number of nitro groups is 1. The van der Waals surface area contributed by atoms with Crippen LogP contribution in [0.4, 0.5) is 34.6 Å². The van der Waals surface area contributed by atoms with E-state index >= 15 is 0 Å². The summed E-state index contributed by atoms with van der Waals surface area (Å²) >= 11 is 5.86. The fourth-order valence-corrected chi connectivity index (χ4v) is 7.05. The summed E-state index contributed by atoms with van der Waals surface area (Å²) in [5.41, 5.74) is -2.54. The molecule has 0 saturated carbocycles. The number of nitro benzene ring substituents is 1. The highest BCUT2D eigenvalue weighted by Crippen LogP contribution is 2.54. The summed E-state index contributed by atoms with van der Waals surface area (Å²) in [5.74, 6) is -4.41. The zero-order chi connectivity index (χ0) is 28.5. The first-order chi connectivity index (χ1) is 18.2. The fraction of sp³-hybridized carbons (Fsp3) is 0.167. The third-order valence-electron chi connectivity index (χ3n) is 6.47. The number of sulfone groups is 1. The lowest BCUT2D eigenvalue weighted by Gasteiger charge is -2.32. The number of hydrogen-bond acceptors (Lipinski definition) is 6. The fourth-order valence-electron chi connectivity index (χ4n) is 4.85. The van der Waals surface area contributed by atoms with Gasteiger partial charge >= 0.3 is 6.18 Å². The molecule has 1 atom stereocenters. The van der Waals surface area contributed by atoms with Gasteiger partial charge in [-0.1, -0.05) is 23.7 Å². The predicted octanol–water partition coefficient (Wildman–Crippen LogP) is 4.57. The zero-order valence-electron chi connectivity index (χ0n) is 19.3. The molecule has 5 rings (SSSR count). The molecule has 2 aliphatic rings. The van der Waals surface area contributed by atoms with Crippen LogP contribution in [0.25, 0.3) is 0 Å². The number of halogens is 5. The molecule has 202 valence electrons. The second-order valence-corrected chi connectivity index (χ2v) is 11.3. The van der Waals surface area contributed by atoms with Crippen molar-refractivity contribution < 1.29 is 40.5 Å². The van der Waals surface area contributed by atoms with Crippen LogP contribution in [0.1, 0.15) is 16.7 Å². The highest BCUT2D eigenvalue weighted by atomic mass is 35.5. The van der Waals surface area contributed by atoms with Gasteiger partial charge in [0, 0.05) is 23.4 Å². The minimum atomic E-state index is -4.77. The summed E-state index contributed by atoms with van der Waals surface area (Å²) in [4.78, 5) is 36.5. The van der Waals surface area contributed by atoms with Crippen molar-refractivity contribution in [2.24, 2.45) is 0 Å². The van der Waals surface area contributed by atoms with Crippen molar-refractivity contribution in [2.75, 3.05) is 15.6 Å². The molecule has 15 heteroatoms. The van der Waals surface area contributed by atoms with Crippen LogP contribution in [0.5, 0.6) is 0 Å². The predicted molar refractivity (Wildman–Crippen MR) is 130 cm³/mol. The van der Waals surface area contributed by atoms with Crippen molar-refractivity contribution in [2.45, 2.75) is 17.6 Å². The summed E-state index contributed by atoms with van der Waals surface area (Å²) in [7, 11) is -4.77. The van der Waals surface area contributed by atoms with Gasteiger partial charge in [-0.05, 0) is 42.0 Å². The van der Waals surface area contributed by atoms with Crippen molar-refractivity contribution in [1.82, 2.24) is 0 Å². The number of benzene rings is 3. The lowest BCUT2D eigenvalue weighted by molar-refractivity contribution is -0.384. The number of hydrogen-bond donors (Lipinski definition) is 0. The normalized spacial score (nSPS) is 20.1. The molecular weight excluding hydrogens is 570 g/mol. The highest BCUT2D eigenvalue weighted by Gasteiger charge is 2.70. The maximum atomic E-state index is 14.1. The summed E-state index contributed by atoms with van der Waals surface area (Å²) in [6.07, 6.45) is -4.70. The van der Waals surface area contributed by atoms with Crippen LogP contribution in [0.15, 0.2) is 60.7 Å². The maximum absolute atomic E-state index is 14.1. The Bertz CT molecular complexity index is 1700. The van der Waals surface area contributed by atoms with Crippen LogP contribution >= 0.6 is 11.6 Å². The van der Waals surface area contributed by atoms with Crippen LogP contribution in [-0.4, -0.2) is 30.9 Å². The van der Waals surface area contributed by atoms with E-state index in [1.807, 2.05) is 0 Å². The number of nitrogens with zero attached hydrogens (tertiary/aromatic N) is 3. The maximum Gasteiger partial charge on any atom is 0.416 e. The molecule has 0 aromatic heterocycles. The first-order valence-corrected chi connectivity index (χ1v) is 13.0. The molecule has 0 unspecified atom stereocenters. The Balaban J connectivity index is 1.76. The van der Waals surface area contributed by atoms with Crippen LogP contribution in [0.2, 0.25) is 5.02 Å². The van der Waals surface area contributed by atoms with Gasteiger partial charge in [-0.3, -0.25) is 24.6 Å². The van der Waals surface area contributed by atoms with Crippen molar-refractivity contribution in [3.05, 3.63) is 98.3 Å². The molecule has 0 radical (unpaired) electrons. The molecule has 0 bridgehead atoms. The summed E-state index contributed by atoms with van der Waals surface area (Å²) < 4.78 is 81.1. The minimum Gasteiger partial charge on any atom is -0.304 e. The molecule has 1 saturated heterocycles. The number of amides is 2. The molecule has 3 aromatic rings. The lowest BCUT2D eigenvalue weighted by Crippen LogP contribution is -2.54. The van der Waals surface area contributed by atoms with Gasteiger partial charge < -0.3 is 4.90 Å². The number of fused-ring (bicyclic) bond motifs is 2. The molecule has 3 aromatic carbocycles. The molecule has 0 N–H and O–H groups in total. The average Bonchev–Trinajstić information content (AvgIpc) is 3.22. The Morgan fingerprint density at radius 3 is 2.41 bits per heavy atom. The number of non-ortho nitro benzene ring substituents is 1. The Morgan fingerprint density at radius 1 is 1.05 bits per heavy atom. The van der Waals surface area contributed by atoms with Gasteiger partial charge in [0.1, 0.15) is 11.6 Å². The van der Waals surface area contributed by atoms with E-state index in [4.69, 9.17) is 11.6 Å². The quantitative estimate of drug-likeness (QED) is 0.252. The first kappa shape index (κ1) is 26.6. The van der Waals surface area contributed by atoms with Crippen LogP contribution in [0, 0.1) is 15.9 Å². The van der Waals surface area contributed by atoms with Crippen LogP contribution in [-0.2, 0) is 37.0 Å². The number of carbonyl (C=O) groups is 2. The average molecular weight is 584 g/mol. The largest absolute Gasteiger partial charge is 0.416 e. The summed E-state index contributed by atoms with van der Waals surface area (Å²) in [5, 5.41) is 11.1. The Kier molecular flexibility index (Phi) is 5.95. The Labute approximate surface area is 222 Å². The monoisotopic (exact) mass is 583 g/mol. The van der Waals surface area contributed by atoms with E-state index in [0.717, 1.165) is 59.5 Å². The van der Waals surface area contributed by atoms with Crippen molar-refractivity contribution in [3.63, 3.8) is 0 Å². The second kappa shape index (κ2) is 8.74. The molecule has 9 nitrogen and oxygen atoms in total. The Hall–Kier alpha value is -4.04. The smallest absolute Gasteiger partial charge is 0.304 e. The van der Waals surface area contributed by atoms with E-state index in [-0.39, 0.29) is 16.9 Å². The number of carbonyl (C=O) groups excluding carboxylic acids is 2. The lowest BCUT2D eigenvalue weighted by atomic mass is 10.0. The Morgan fingerprint density at radius 2 is 1.77 bits per heavy atom. The van der Waals surface area contributed by atoms with E-state index in [1.54, 1.807) is 0 Å². The van der Waals surface area contributed by atoms with E-state index in [9.17, 15) is 45.7 Å². The van der Waals surface area contributed by atoms with Gasteiger partial charge in [0.05, 0.1) is 27.7 Å². The molecule has 1 spiro atoms. The second-order valence-electron chi connectivity index (χ2n) is 8.78. The molecule has 1 fully saturated rings. The van der Waals surface area contributed by atoms with Gasteiger partial charge in [0.2, 0.25) is 5.91 Å². The van der Waals surface area contributed by atoms with Gasteiger partial charge in [-0.25, -0.2) is 12.8 Å². The topological polar surface area (TPSA) is 118 Å². The van der Waals surface area contributed by atoms with Crippen molar-refractivity contribution >= 4 is 50.3 Å². The van der Waals surface area contributed by atoms with Gasteiger partial charge in [0.25, 0.3) is 16.5 Å². The van der Waals surface area contributed by atoms with Crippen molar-refractivity contribution in [1.29, 1.82) is 0 Å². The van der Waals surface area contributed by atoms with E-state index in [1.165, 1.54) is 6.07 Å². The molecular formula is C24H14ClF4N3O6S. The van der Waals surface area contributed by atoms with Crippen LogP contribution in [0.3, 0.4) is 0 Å². The molecule has 0 aliphatic carbocycles. The van der Waals surface area contributed by atoms with E-state index in [0.29, 0.717) is 4.90 Å². The molecule has 2 amide bonds. The minimum absolute atomic E-state index is 0.0300. The van der Waals surface area contributed by atoms with Gasteiger partial charge in [-0.15, -0.1) is 0 Å². The summed E-state index contributed by atoms with van der Waals surface area (Å²) in [6.45, 7) is -0.558. The first-order valence-electron chi connectivity index (χ1n) is 11.0. The SMILES string of the molecule is O=C1CS(=O)(=O)[C@@]2(C(=O)N(Cc3cccc(C(F)(F)F)c3)c3ccc([N+](=O)[O-])cc32)N1c1ccc(F)c(Cl)c1. The molecule has 2 aliphatic heterocycles. The highest BCUT2D eigenvalue weighted by molar-refractivity contribution is 7.94. The standard InChI is InChI=1S/C24H14ClF4N3O6S/c25-18-10-15(4-6-19(18)26)31-21(33)12-39(37,38)23(31)17-9-16(32(35)36)5-7-20(17)30(22(23)34)11-13-2-1-3-14(8-13)24(27,28)29/h1-10H,11-12H2/t23-/m0/s1. The van der Waals surface area contributed by atoms with E-state index < -0.39 is 77.6 Å². The van der Waals surface area contributed by atoms with Crippen LogP contribution < -0.4 is 9.80 Å². The van der Waals surface area contributed by atoms with Gasteiger partial charge in [-0.2, -0.15) is 13.2 Å².